The number of amides is 2. The molecule has 0 aliphatic heterocycles. The van der Waals surface area contributed by atoms with Crippen molar-refractivity contribution in [2.75, 3.05) is 6.61 Å². The topological polar surface area (TPSA) is 116 Å². The van der Waals surface area contributed by atoms with E-state index in [0.29, 0.717) is 11.1 Å². The first-order valence-electron chi connectivity index (χ1n) is 9.10. The summed E-state index contributed by atoms with van der Waals surface area (Å²) >= 11 is 0. The van der Waals surface area contributed by atoms with Crippen LogP contribution in [0.3, 0.4) is 0 Å². The third-order valence-electron chi connectivity index (χ3n) is 4.10. The summed E-state index contributed by atoms with van der Waals surface area (Å²) in [5, 5.41) is 12.9. The molecule has 0 spiro atoms. The second-order valence-corrected chi connectivity index (χ2v) is 7.50. The number of nitrogens with one attached hydrogen (secondary N) is 1. The number of carbonyl (C=O) groups is 3. The molecule has 0 aromatic heterocycles. The molecule has 0 atom stereocenters. The van der Waals surface area contributed by atoms with E-state index in [0.717, 1.165) is 11.6 Å². The van der Waals surface area contributed by atoms with Crippen LogP contribution in [-0.2, 0) is 19.7 Å². The molecular weight excluding hydrogens is 388 g/mol. The second-order valence-electron chi connectivity index (χ2n) is 7.50. The van der Waals surface area contributed by atoms with Gasteiger partial charge in [-0.25, -0.2) is 4.79 Å². The summed E-state index contributed by atoms with van der Waals surface area (Å²) in [7, 11) is 0. The van der Waals surface area contributed by atoms with E-state index in [4.69, 9.17) is 4.74 Å². The number of nitro groups is 1. The van der Waals surface area contributed by atoms with E-state index in [-0.39, 0.29) is 11.1 Å². The Balaban J connectivity index is 1.85. The van der Waals surface area contributed by atoms with Gasteiger partial charge in [0.25, 0.3) is 17.5 Å². The minimum atomic E-state index is -0.821. The van der Waals surface area contributed by atoms with Crippen LogP contribution in [0.4, 0.5) is 5.69 Å². The van der Waals surface area contributed by atoms with Crippen molar-refractivity contribution in [1.29, 1.82) is 0 Å². The van der Waals surface area contributed by atoms with E-state index in [2.05, 4.69) is 5.32 Å². The second kappa shape index (κ2) is 9.60. The van der Waals surface area contributed by atoms with Gasteiger partial charge in [0.1, 0.15) is 0 Å². The van der Waals surface area contributed by atoms with E-state index >= 15 is 0 Å². The minimum Gasteiger partial charge on any atom is -0.452 e. The fourth-order valence-corrected chi connectivity index (χ4v) is 2.45. The Kier molecular flexibility index (Phi) is 7.19. The Hall–Kier alpha value is -3.81. The van der Waals surface area contributed by atoms with Gasteiger partial charge in [0, 0.05) is 23.8 Å². The molecular formula is C22H22N2O6. The first-order chi connectivity index (χ1) is 14.1. The standard InChI is InChI=1S/C22H22N2O6/c1-22(2,3)17-10-8-16(9-11-17)21(27)23-19(25)14-30-20(26)12-7-15-5-4-6-18(13-15)24(28)29/h4-13H,14H2,1-3H3,(H,23,25,27)/b12-7+. The SMILES string of the molecule is CC(C)(C)c1ccc(C(=O)NC(=O)COC(=O)/C=C/c2cccc([N+](=O)[O-])c2)cc1. The van der Waals surface area contributed by atoms with Crippen molar-refractivity contribution in [2.24, 2.45) is 0 Å². The van der Waals surface area contributed by atoms with Crippen molar-refractivity contribution in [3.8, 4) is 0 Å². The van der Waals surface area contributed by atoms with Crippen molar-refractivity contribution in [2.45, 2.75) is 26.2 Å². The molecule has 0 unspecified atom stereocenters. The number of esters is 1. The number of hydrogen-bond donors (Lipinski definition) is 1. The molecule has 0 saturated heterocycles. The number of rotatable bonds is 6. The summed E-state index contributed by atoms with van der Waals surface area (Å²) in [6.07, 6.45) is 2.37. The van der Waals surface area contributed by atoms with Crippen molar-refractivity contribution < 1.29 is 24.0 Å². The Morgan fingerprint density at radius 3 is 2.37 bits per heavy atom. The zero-order valence-corrected chi connectivity index (χ0v) is 16.9. The van der Waals surface area contributed by atoms with Crippen LogP contribution < -0.4 is 5.32 Å². The summed E-state index contributed by atoms with van der Waals surface area (Å²) in [5.41, 5.74) is 1.62. The fourth-order valence-electron chi connectivity index (χ4n) is 2.45. The largest absolute Gasteiger partial charge is 0.452 e. The van der Waals surface area contributed by atoms with Gasteiger partial charge in [0.2, 0.25) is 0 Å². The van der Waals surface area contributed by atoms with Gasteiger partial charge in [0.15, 0.2) is 6.61 Å². The van der Waals surface area contributed by atoms with Crippen LogP contribution in [-0.4, -0.2) is 29.3 Å². The maximum atomic E-state index is 12.1. The molecule has 8 nitrogen and oxygen atoms in total. The molecule has 156 valence electrons. The van der Waals surface area contributed by atoms with Crippen LogP contribution in [0.2, 0.25) is 0 Å². The molecule has 2 aromatic carbocycles. The summed E-state index contributed by atoms with van der Waals surface area (Å²) in [4.78, 5) is 45.9. The van der Waals surface area contributed by atoms with Crippen molar-refractivity contribution in [3.05, 3.63) is 81.4 Å². The molecule has 0 radical (unpaired) electrons. The molecule has 0 saturated carbocycles. The number of nitrogens with zero attached hydrogens (tertiary/aromatic N) is 1. The molecule has 0 fully saturated rings. The molecule has 2 amide bonds. The lowest BCUT2D eigenvalue weighted by Gasteiger charge is -2.18. The van der Waals surface area contributed by atoms with Crippen LogP contribution in [0, 0.1) is 10.1 Å². The summed E-state index contributed by atoms with van der Waals surface area (Å²) in [6, 6.07) is 12.6. The van der Waals surface area contributed by atoms with Gasteiger partial charge in [-0.05, 0) is 34.8 Å². The number of carbonyl (C=O) groups excluding carboxylic acids is 3. The number of benzene rings is 2. The van der Waals surface area contributed by atoms with Gasteiger partial charge < -0.3 is 4.74 Å². The summed E-state index contributed by atoms with van der Waals surface area (Å²) < 4.78 is 4.78. The van der Waals surface area contributed by atoms with Gasteiger partial charge in [-0.3, -0.25) is 25.0 Å². The molecule has 2 aromatic rings. The molecule has 0 heterocycles. The van der Waals surface area contributed by atoms with Crippen LogP contribution >= 0.6 is 0 Å². The third kappa shape index (κ3) is 6.66. The van der Waals surface area contributed by atoms with E-state index in [1.54, 1.807) is 18.2 Å². The number of nitro benzene ring substituents is 1. The Labute approximate surface area is 173 Å². The smallest absolute Gasteiger partial charge is 0.331 e. The van der Waals surface area contributed by atoms with Crippen molar-refractivity contribution in [3.63, 3.8) is 0 Å². The Morgan fingerprint density at radius 1 is 1.10 bits per heavy atom. The van der Waals surface area contributed by atoms with Gasteiger partial charge in [-0.1, -0.05) is 45.0 Å². The fraction of sp³-hybridized carbons (Fsp3) is 0.227. The molecule has 30 heavy (non-hydrogen) atoms. The zero-order valence-electron chi connectivity index (χ0n) is 16.9. The average Bonchev–Trinajstić information content (AvgIpc) is 2.70. The molecule has 2 rings (SSSR count). The quantitative estimate of drug-likeness (QED) is 0.338. The number of hydrogen-bond acceptors (Lipinski definition) is 6. The monoisotopic (exact) mass is 410 g/mol. The predicted molar refractivity (Wildman–Crippen MR) is 111 cm³/mol. The Bertz CT molecular complexity index is 987. The van der Waals surface area contributed by atoms with Gasteiger partial charge in [-0.15, -0.1) is 0 Å². The zero-order chi connectivity index (χ0) is 22.3. The lowest BCUT2D eigenvalue weighted by Crippen LogP contribution is -2.34. The normalized spacial score (nSPS) is 11.2. The highest BCUT2D eigenvalue weighted by molar-refractivity contribution is 6.05. The van der Waals surface area contributed by atoms with E-state index in [1.165, 1.54) is 24.3 Å². The highest BCUT2D eigenvalue weighted by Crippen LogP contribution is 2.22. The van der Waals surface area contributed by atoms with Gasteiger partial charge in [-0.2, -0.15) is 0 Å². The number of imide groups is 1. The van der Waals surface area contributed by atoms with E-state index < -0.39 is 29.3 Å². The lowest BCUT2D eigenvalue weighted by molar-refractivity contribution is -0.384. The maximum absolute atomic E-state index is 12.1. The van der Waals surface area contributed by atoms with Gasteiger partial charge >= 0.3 is 5.97 Å². The minimum absolute atomic E-state index is 0.0583. The third-order valence-corrected chi connectivity index (χ3v) is 4.10. The molecule has 1 N–H and O–H groups in total. The predicted octanol–water partition coefficient (Wildman–Crippen LogP) is 3.41. The highest BCUT2D eigenvalue weighted by Gasteiger charge is 2.16. The first-order valence-corrected chi connectivity index (χ1v) is 9.10. The first kappa shape index (κ1) is 22.5. The highest BCUT2D eigenvalue weighted by atomic mass is 16.6. The van der Waals surface area contributed by atoms with Crippen molar-refractivity contribution >= 4 is 29.5 Å². The number of ether oxygens (including phenoxy) is 1. The van der Waals surface area contributed by atoms with Crippen LogP contribution in [0.15, 0.2) is 54.6 Å². The van der Waals surface area contributed by atoms with Crippen molar-refractivity contribution in [1.82, 2.24) is 5.32 Å². The van der Waals surface area contributed by atoms with Gasteiger partial charge in [0.05, 0.1) is 4.92 Å². The molecule has 8 heteroatoms. The average molecular weight is 410 g/mol. The lowest BCUT2D eigenvalue weighted by atomic mass is 9.87. The number of non-ortho nitro benzene ring substituents is 1. The molecule has 0 bridgehead atoms. The molecule has 0 aliphatic carbocycles. The summed E-state index contributed by atoms with van der Waals surface area (Å²) in [5.74, 6) is -2.18. The Morgan fingerprint density at radius 2 is 1.77 bits per heavy atom. The summed E-state index contributed by atoms with van der Waals surface area (Å²) in [6.45, 7) is 5.51. The molecule has 0 aliphatic rings. The van der Waals surface area contributed by atoms with E-state index in [1.807, 2.05) is 32.9 Å². The van der Waals surface area contributed by atoms with Crippen LogP contribution in [0.5, 0.6) is 0 Å². The van der Waals surface area contributed by atoms with Crippen LogP contribution in [0.25, 0.3) is 6.08 Å². The van der Waals surface area contributed by atoms with E-state index in [9.17, 15) is 24.5 Å². The maximum Gasteiger partial charge on any atom is 0.331 e. The van der Waals surface area contributed by atoms with Crippen LogP contribution in [0.1, 0.15) is 42.3 Å².